The van der Waals surface area contributed by atoms with E-state index >= 15 is 0 Å². The van der Waals surface area contributed by atoms with Crippen LogP contribution in [0.5, 0.6) is 0 Å². The Kier molecular flexibility index (Phi) is 4.39. The maximum Gasteiger partial charge on any atom is 0.391 e. The summed E-state index contributed by atoms with van der Waals surface area (Å²) in [5, 5.41) is 9.05. The van der Waals surface area contributed by atoms with Gasteiger partial charge in [-0.15, -0.1) is 0 Å². The summed E-state index contributed by atoms with van der Waals surface area (Å²) in [7, 11) is 0. The summed E-state index contributed by atoms with van der Waals surface area (Å²) in [4.78, 5) is 0. The highest BCUT2D eigenvalue weighted by Crippen LogP contribution is 2.45. The van der Waals surface area contributed by atoms with Crippen LogP contribution in [0, 0.1) is 35.0 Å². The van der Waals surface area contributed by atoms with Crippen molar-refractivity contribution < 1.29 is 13.2 Å². The van der Waals surface area contributed by atoms with Gasteiger partial charge < -0.3 is 5.73 Å². The van der Waals surface area contributed by atoms with Crippen molar-refractivity contribution in [2.45, 2.75) is 57.2 Å². The molecule has 0 spiro atoms. The highest BCUT2D eigenvalue weighted by molar-refractivity contribution is 4.97. The van der Waals surface area contributed by atoms with Gasteiger partial charge in [0.05, 0.1) is 17.9 Å². The van der Waals surface area contributed by atoms with E-state index in [1.807, 2.05) is 0 Å². The largest absolute Gasteiger partial charge is 0.391 e. The summed E-state index contributed by atoms with van der Waals surface area (Å²) in [5.41, 5.74) is 5.89. The minimum absolute atomic E-state index is 0.0484. The molecule has 0 saturated heterocycles. The molecule has 2 nitrogen and oxygen atoms in total. The molecule has 2 N–H and O–H groups in total. The van der Waals surface area contributed by atoms with Crippen molar-refractivity contribution in [1.29, 1.82) is 5.26 Å². The van der Waals surface area contributed by atoms with Crippen LogP contribution in [0.25, 0.3) is 0 Å². The predicted octanol–water partition coefficient (Wildman–Crippen LogP) is 3.62. The van der Waals surface area contributed by atoms with Gasteiger partial charge in [0.15, 0.2) is 0 Å². The maximum atomic E-state index is 12.6. The first-order chi connectivity index (χ1) is 8.91. The molecule has 0 aromatic rings. The molecular weight excluding hydrogens is 253 g/mol. The van der Waals surface area contributed by atoms with E-state index in [-0.39, 0.29) is 24.8 Å². The molecule has 3 atom stereocenters. The fourth-order valence-corrected chi connectivity index (χ4v) is 3.72. The lowest BCUT2D eigenvalue weighted by atomic mass is 9.68. The van der Waals surface area contributed by atoms with Crippen molar-refractivity contribution >= 4 is 0 Å². The Hall–Kier alpha value is -0.760. The lowest BCUT2D eigenvalue weighted by Crippen LogP contribution is -2.38. The van der Waals surface area contributed by atoms with Crippen LogP contribution in [0.4, 0.5) is 13.2 Å². The summed E-state index contributed by atoms with van der Waals surface area (Å²) in [5.74, 6) is -0.457. The van der Waals surface area contributed by atoms with Gasteiger partial charge in [0.25, 0.3) is 0 Å². The number of nitriles is 1. The molecular formula is C14H21F3N2. The molecule has 0 aliphatic heterocycles. The van der Waals surface area contributed by atoms with E-state index in [1.165, 1.54) is 0 Å². The van der Waals surface area contributed by atoms with Gasteiger partial charge in [0.1, 0.15) is 0 Å². The van der Waals surface area contributed by atoms with Crippen LogP contribution in [0.15, 0.2) is 0 Å². The molecule has 108 valence electrons. The van der Waals surface area contributed by atoms with Crippen LogP contribution in [0.1, 0.15) is 44.9 Å². The van der Waals surface area contributed by atoms with Crippen molar-refractivity contribution in [3.8, 4) is 6.07 Å². The van der Waals surface area contributed by atoms with E-state index < -0.39 is 12.1 Å². The summed E-state index contributed by atoms with van der Waals surface area (Å²) in [6, 6.07) is 2.20. The summed E-state index contributed by atoms with van der Waals surface area (Å²) in [6.45, 7) is 0. The number of alkyl halides is 3. The van der Waals surface area contributed by atoms with Crippen LogP contribution in [-0.2, 0) is 0 Å². The Labute approximate surface area is 112 Å². The Morgan fingerprint density at radius 2 is 1.53 bits per heavy atom. The van der Waals surface area contributed by atoms with Gasteiger partial charge in [-0.05, 0) is 56.8 Å². The van der Waals surface area contributed by atoms with Crippen molar-refractivity contribution in [3.05, 3.63) is 0 Å². The van der Waals surface area contributed by atoms with Gasteiger partial charge in [-0.1, -0.05) is 0 Å². The third kappa shape index (κ3) is 3.42. The second-order valence-electron chi connectivity index (χ2n) is 6.13. The fourth-order valence-electron chi connectivity index (χ4n) is 3.72. The maximum absolute atomic E-state index is 12.6. The normalized spacial score (nSPS) is 40.7. The Morgan fingerprint density at radius 3 is 2.05 bits per heavy atom. The SMILES string of the molecule is N#CC1CC(C2CCC(C(F)(F)F)CC2)CCC1N. The molecule has 0 radical (unpaired) electrons. The summed E-state index contributed by atoms with van der Waals surface area (Å²) < 4.78 is 37.9. The highest BCUT2D eigenvalue weighted by atomic mass is 19.4. The first-order valence-corrected chi connectivity index (χ1v) is 7.13. The van der Waals surface area contributed by atoms with Crippen LogP contribution in [0.2, 0.25) is 0 Å². The lowest BCUT2D eigenvalue weighted by molar-refractivity contribution is -0.185. The fraction of sp³-hybridized carbons (Fsp3) is 0.929. The topological polar surface area (TPSA) is 49.8 Å². The predicted molar refractivity (Wildman–Crippen MR) is 65.9 cm³/mol. The second-order valence-corrected chi connectivity index (χ2v) is 6.13. The zero-order chi connectivity index (χ0) is 14.0. The third-order valence-electron chi connectivity index (χ3n) is 5.01. The summed E-state index contributed by atoms with van der Waals surface area (Å²) in [6.07, 6.45) is 0.378. The van der Waals surface area contributed by atoms with Crippen LogP contribution < -0.4 is 5.73 Å². The first-order valence-electron chi connectivity index (χ1n) is 7.13. The van der Waals surface area contributed by atoms with Gasteiger partial charge in [0.2, 0.25) is 0 Å². The van der Waals surface area contributed by atoms with Gasteiger partial charge in [-0.2, -0.15) is 18.4 Å². The molecule has 0 heterocycles. The molecule has 2 aliphatic rings. The molecule has 2 aliphatic carbocycles. The average molecular weight is 274 g/mol. The lowest BCUT2D eigenvalue weighted by Gasteiger charge is -2.39. The molecule has 3 unspecified atom stereocenters. The van der Waals surface area contributed by atoms with E-state index in [2.05, 4.69) is 6.07 Å². The van der Waals surface area contributed by atoms with Crippen molar-refractivity contribution in [3.63, 3.8) is 0 Å². The van der Waals surface area contributed by atoms with Crippen molar-refractivity contribution in [2.75, 3.05) is 0 Å². The van der Waals surface area contributed by atoms with Gasteiger partial charge >= 0.3 is 6.18 Å². The number of hydrogen-bond donors (Lipinski definition) is 1. The van der Waals surface area contributed by atoms with E-state index in [0.29, 0.717) is 24.7 Å². The number of nitrogens with two attached hydrogens (primary N) is 1. The number of rotatable bonds is 1. The zero-order valence-electron chi connectivity index (χ0n) is 11.0. The quantitative estimate of drug-likeness (QED) is 0.794. The molecule has 19 heavy (non-hydrogen) atoms. The van der Waals surface area contributed by atoms with Crippen LogP contribution in [-0.4, -0.2) is 12.2 Å². The van der Waals surface area contributed by atoms with Crippen LogP contribution >= 0.6 is 0 Å². The molecule has 0 bridgehead atoms. The number of nitrogens with zero attached hydrogens (tertiary/aromatic N) is 1. The van der Waals surface area contributed by atoms with Gasteiger partial charge in [-0.25, -0.2) is 0 Å². The van der Waals surface area contributed by atoms with Gasteiger partial charge in [0, 0.05) is 6.04 Å². The Morgan fingerprint density at radius 1 is 0.947 bits per heavy atom. The minimum atomic E-state index is -4.03. The molecule has 2 rings (SSSR count). The number of halogens is 3. The molecule has 2 fully saturated rings. The average Bonchev–Trinajstić information content (AvgIpc) is 2.38. The monoisotopic (exact) mass is 274 g/mol. The molecule has 0 aromatic carbocycles. The summed E-state index contributed by atoms with van der Waals surface area (Å²) >= 11 is 0. The van der Waals surface area contributed by atoms with E-state index in [1.54, 1.807) is 0 Å². The van der Waals surface area contributed by atoms with E-state index in [9.17, 15) is 13.2 Å². The Bertz CT molecular complexity index is 340. The third-order valence-corrected chi connectivity index (χ3v) is 5.01. The molecule has 5 heteroatoms. The minimum Gasteiger partial charge on any atom is -0.327 e. The molecule has 2 saturated carbocycles. The Balaban J connectivity index is 1.87. The number of hydrogen-bond acceptors (Lipinski definition) is 2. The van der Waals surface area contributed by atoms with Crippen LogP contribution in [0.3, 0.4) is 0 Å². The second kappa shape index (κ2) is 5.70. The van der Waals surface area contributed by atoms with E-state index in [4.69, 9.17) is 11.0 Å². The zero-order valence-corrected chi connectivity index (χ0v) is 11.0. The van der Waals surface area contributed by atoms with Crippen molar-refractivity contribution in [2.24, 2.45) is 29.4 Å². The standard InChI is InChI=1S/C14H21F3N2/c15-14(16,17)12-4-1-9(2-5-12)10-3-6-13(19)11(7-10)8-18/h9-13H,1-7,19H2. The smallest absolute Gasteiger partial charge is 0.327 e. The van der Waals surface area contributed by atoms with Gasteiger partial charge in [-0.3, -0.25) is 0 Å². The van der Waals surface area contributed by atoms with Crippen molar-refractivity contribution in [1.82, 2.24) is 0 Å². The molecule has 0 aromatic heterocycles. The highest BCUT2D eigenvalue weighted by Gasteiger charge is 2.43. The molecule has 0 amide bonds. The van der Waals surface area contributed by atoms with E-state index in [0.717, 1.165) is 19.3 Å². The first kappa shape index (κ1) is 14.6.